The SMILES string of the molecule is CCn1c(-c2cccc(-c3cc4c(c5ccccc35)-c3c(c5ccccc5c5ccccc35)C4(C)C)c2)nc2ccccc21. The van der Waals surface area contributed by atoms with Crippen molar-refractivity contribution in [3.63, 3.8) is 0 Å². The zero-order valence-electron chi connectivity index (χ0n) is 25.2. The first-order valence-corrected chi connectivity index (χ1v) is 15.6. The topological polar surface area (TPSA) is 17.8 Å². The summed E-state index contributed by atoms with van der Waals surface area (Å²) in [5.74, 6) is 1.02. The van der Waals surface area contributed by atoms with E-state index in [2.05, 4.69) is 153 Å². The fourth-order valence-corrected chi connectivity index (χ4v) is 8.00. The van der Waals surface area contributed by atoms with Crippen molar-refractivity contribution < 1.29 is 0 Å². The summed E-state index contributed by atoms with van der Waals surface area (Å²) in [6.07, 6.45) is 0. The highest BCUT2D eigenvalue weighted by atomic mass is 15.1. The standard InChI is InChI=1S/C42H32N2/c1-4-44-37-23-12-11-22-36(37)43-41(44)27-15-13-14-26(24-27)34-25-35-38(31-19-8-6-18-30(31)34)39-32-20-9-5-16-28(32)29-17-7-10-21-33(29)40(39)42(35,2)3/h5-25H,4H2,1-3H3. The molecular formula is C42H32N2. The van der Waals surface area contributed by atoms with Crippen molar-refractivity contribution in [2.45, 2.75) is 32.7 Å². The van der Waals surface area contributed by atoms with Gasteiger partial charge in [-0.1, -0.05) is 117 Å². The molecule has 0 atom stereocenters. The fourth-order valence-electron chi connectivity index (χ4n) is 8.00. The van der Waals surface area contributed by atoms with Gasteiger partial charge in [0.15, 0.2) is 0 Å². The van der Waals surface area contributed by atoms with Gasteiger partial charge in [0.1, 0.15) is 5.82 Å². The third kappa shape index (κ3) is 3.34. The monoisotopic (exact) mass is 564 g/mol. The molecule has 0 N–H and O–H groups in total. The van der Waals surface area contributed by atoms with Crippen LogP contribution in [0.15, 0.2) is 127 Å². The van der Waals surface area contributed by atoms with Crippen molar-refractivity contribution >= 4 is 43.4 Å². The number of aryl methyl sites for hydroxylation is 1. The maximum Gasteiger partial charge on any atom is 0.141 e. The molecule has 1 aliphatic carbocycles. The first kappa shape index (κ1) is 25.3. The van der Waals surface area contributed by atoms with Crippen LogP contribution in [-0.4, -0.2) is 9.55 Å². The number of aromatic nitrogens is 2. The second-order valence-electron chi connectivity index (χ2n) is 12.6. The van der Waals surface area contributed by atoms with E-state index < -0.39 is 0 Å². The molecule has 0 spiro atoms. The van der Waals surface area contributed by atoms with Gasteiger partial charge < -0.3 is 4.57 Å². The van der Waals surface area contributed by atoms with E-state index in [1.807, 2.05) is 0 Å². The first-order chi connectivity index (χ1) is 21.6. The van der Waals surface area contributed by atoms with Crippen molar-refractivity contribution in [1.82, 2.24) is 9.55 Å². The van der Waals surface area contributed by atoms with Crippen LogP contribution in [0.4, 0.5) is 0 Å². The number of hydrogen-bond donors (Lipinski definition) is 0. The lowest BCUT2D eigenvalue weighted by molar-refractivity contribution is 0.667. The number of benzene rings is 7. The summed E-state index contributed by atoms with van der Waals surface area (Å²) < 4.78 is 2.32. The van der Waals surface area contributed by atoms with Crippen molar-refractivity contribution in [1.29, 1.82) is 0 Å². The van der Waals surface area contributed by atoms with E-state index in [4.69, 9.17) is 4.98 Å². The van der Waals surface area contributed by atoms with Gasteiger partial charge in [-0.2, -0.15) is 0 Å². The Morgan fingerprint density at radius 3 is 1.91 bits per heavy atom. The molecule has 0 amide bonds. The molecule has 0 fully saturated rings. The molecule has 1 aliphatic rings. The predicted molar refractivity (Wildman–Crippen MR) is 186 cm³/mol. The predicted octanol–water partition coefficient (Wildman–Crippen LogP) is 11.2. The van der Waals surface area contributed by atoms with Gasteiger partial charge in [-0.05, 0) is 96.9 Å². The Hall–Kier alpha value is -5.21. The quantitative estimate of drug-likeness (QED) is 0.195. The molecule has 44 heavy (non-hydrogen) atoms. The molecule has 8 aromatic rings. The number of nitrogens with zero attached hydrogens (tertiary/aromatic N) is 2. The molecule has 1 aromatic heterocycles. The maximum absolute atomic E-state index is 5.08. The van der Waals surface area contributed by atoms with E-state index >= 15 is 0 Å². The largest absolute Gasteiger partial charge is 0.324 e. The van der Waals surface area contributed by atoms with E-state index in [-0.39, 0.29) is 5.41 Å². The van der Waals surface area contributed by atoms with Gasteiger partial charge in [-0.15, -0.1) is 0 Å². The van der Waals surface area contributed by atoms with Gasteiger partial charge in [-0.3, -0.25) is 0 Å². The minimum Gasteiger partial charge on any atom is -0.324 e. The van der Waals surface area contributed by atoms with Crippen LogP contribution < -0.4 is 0 Å². The van der Waals surface area contributed by atoms with Gasteiger partial charge >= 0.3 is 0 Å². The molecule has 0 bridgehead atoms. The lowest BCUT2D eigenvalue weighted by atomic mass is 9.78. The second-order valence-corrected chi connectivity index (χ2v) is 12.6. The summed E-state index contributed by atoms with van der Waals surface area (Å²) >= 11 is 0. The van der Waals surface area contributed by atoms with Crippen LogP contribution in [-0.2, 0) is 12.0 Å². The summed E-state index contributed by atoms with van der Waals surface area (Å²) in [7, 11) is 0. The zero-order valence-corrected chi connectivity index (χ0v) is 25.2. The average molecular weight is 565 g/mol. The number of imidazole rings is 1. The molecule has 0 saturated carbocycles. The Balaban J connectivity index is 1.34. The lowest BCUT2D eigenvalue weighted by Gasteiger charge is -2.25. The summed E-state index contributed by atoms with van der Waals surface area (Å²) in [5, 5.41) is 7.95. The number of rotatable bonds is 3. The van der Waals surface area contributed by atoms with Crippen LogP contribution in [0.2, 0.25) is 0 Å². The normalized spacial score (nSPS) is 13.6. The molecule has 0 aliphatic heterocycles. The highest BCUT2D eigenvalue weighted by Gasteiger charge is 2.40. The fraction of sp³-hybridized carbons (Fsp3) is 0.119. The van der Waals surface area contributed by atoms with Gasteiger partial charge in [0.2, 0.25) is 0 Å². The second kappa shape index (κ2) is 9.14. The van der Waals surface area contributed by atoms with Gasteiger partial charge in [0.05, 0.1) is 11.0 Å². The number of fused-ring (bicyclic) bond motifs is 11. The minimum atomic E-state index is -0.166. The molecule has 0 saturated heterocycles. The highest BCUT2D eigenvalue weighted by molar-refractivity contribution is 6.22. The third-order valence-electron chi connectivity index (χ3n) is 9.93. The van der Waals surface area contributed by atoms with E-state index in [0.29, 0.717) is 0 Å². The van der Waals surface area contributed by atoms with Crippen molar-refractivity contribution in [2.75, 3.05) is 0 Å². The number of hydrogen-bond acceptors (Lipinski definition) is 1. The summed E-state index contributed by atoms with van der Waals surface area (Å²) in [5.41, 5.74) is 11.3. The maximum atomic E-state index is 5.08. The lowest BCUT2D eigenvalue weighted by Crippen LogP contribution is -2.16. The van der Waals surface area contributed by atoms with E-state index in [1.165, 1.54) is 71.2 Å². The molecule has 2 nitrogen and oxygen atoms in total. The number of para-hydroxylation sites is 2. The zero-order chi connectivity index (χ0) is 29.6. The Bertz CT molecular complexity index is 2460. The van der Waals surface area contributed by atoms with Gasteiger partial charge in [0, 0.05) is 17.5 Å². The molecule has 0 radical (unpaired) electrons. The van der Waals surface area contributed by atoms with Crippen LogP contribution >= 0.6 is 0 Å². The molecular weight excluding hydrogens is 532 g/mol. The van der Waals surface area contributed by atoms with Crippen LogP contribution in [0.3, 0.4) is 0 Å². The smallest absolute Gasteiger partial charge is 0.141 e. The van der Waals surface area contributed by atoms with Crippen LogP contribution in [0.1, 0.15) is 31.9 Å². The third-order valence-corrected chi connectivity index (χ3v) is 9.93. The first-order valence-electron chi connectivity index (χ1n) is 15.6. The molecule has 7 aromatic carbocycles. The summed E-state index contributed by atoms with van der Waals surface area (Å²) in [6, 6.07) is 46.8. The van der Waals surface area contributed by atoms with Crippen molar-refractivity contribution in [2.24, 2.45) is 0 Å². The Kier molecular flexibility index (Phi) is 5.26. The molecule has 2 heteroatoms. The minimum absolute atomic E-state index is 0.166. The molecule has 210 valence electrons. The van der Waals surface area contributed by atoms with Crippen LogP contribution in [0.25, 0.3) is 77.0 Å². The van der Waals surface area contributed by atoms with E-state index in [1.54, 1.807) is 0 Å². The van der Waals surface area contributed by atoms with E-state index in [0.717, 1.165) is 23.4 Å². The molecule has 1 heterocycles. The highest BCUT2D eigenvalue weighted by Crippen LogP contribution is 2.57. The van der Waals surface area contributed by atoms with Crippen molar-refractivity contribution in [3.05, 3.63) is 139 Å². The molecule has 9 rings (SSSR count). The van der Waals surface area contributed by atoms with Crippen LogP contribution in [0.5, 0.6) is 0 Å². The average Bonchev–Trinajstić information content (AvgIpc) is 3.57. The van der Waals surface area contributed by atoms with Gasteiger partial charge in [0.25, 0.3) is 0 Å². The Morgan fingerprint density at radius 1 is 0.568 bits per heavy atom. The van der Waals surface area contributed by atoms with Crippen LogP contribution in [0, 0.1) is 0 Å². The Labute approximate surface area is 257 Å². The summed E-state index contributed by atoms with van der Waals surface area (Å²) in [4.78, 5) is 5.08. The van der Waals surface area contributed by atoms with Crippen molar-refractivity contribution in [3.8, 4) is 33.6 Å². The van der Waals surface area contributed by atoms with Gasteiger partial charge in [-0.25, -0.2) is 4.98 Å². The molecule has 0 unspecified atom stereocenters. The summed E-state index contributed by atoms with van der Waals surface area (Å²) in [6.45, 7) is 7.90. The van der Waals surface area contributed by atoms with E-state index in [9.17, 15) is 0 Å². The Morgan fingerprint density at radius 2 is 1.16 bits per heavy atom.